The summed E-state index contributed by atoms with van der Waals surface area (Å²) in [5, 5.41) is 12.7. The molecule has 0 aliphatic heterocycles. The zero-order chi connectivity index (χ0) is 11.1. The number of aryl methyl sites for hydroxylation is 1. The molecule has 1 atom stereocenters. The van der Waals surface area contributed by atoms with E-state index < -0.39 is 0 Å². The van der Waals surface area contributed by atoms with Crippen LogP contribution < -0.4 is 5.32 Å². The van der Waals surface area contributed by atoms with Crippen molar-refractivity contribution in [3.63, 3.8) is 0 Å². The quantitative estimate of drug-likeness (QED) is 0.747. The van der Waals surface area contributed by atoms with Gasteiger partial charge in [0.05, 0.1) is 11.8 Å². The minimum absolute atomic E-state index is 0.236. The summed E-state index contributed by atoms with van der Waals surface area (Å²) < 4.78 is 0. The third kappa shape index (κ3) is 4.91. The van der Waals surface area contributed by atoms with E-state index in [0.717, 1.165) is 30.8 Å². The Morgan fingerprint density at radius 2 is 2.27 bits per heavy atom. The summed E-state index contributed by atoms with van der Waals surface area (Å²) in [6, 6.07) is 5.98. The van der Waals surface area contributed by atoms with Crippen LogP contribution in [0, 0.1) is 6.92 Å². The molecular formula is C12H20N2O. The number of pyridine rings is 1. The van der Waals surface area contributed by atoms with Crippen LogP contribution in [0.3, 0.4) is 0 Å². The second kappa shape index (κ2) is 6.53. The third-order valence-corrected chi connectivity index (χ3v) is 2.25. The molecule has 0 aromatic carbocycles. The molecule has 0 spiro atoms. The maximum atomic E-state index is 9.50. The van der Waals surface area contributed by atoms with Gasteiger partial charge >= 0.3 is 0 Å². The maximum Gasteiger partial charge on any atom is 0.0664 e. The fourth-order valence-electron chi connectivity index (χ4n) is 1.50. The summed E-state index contributed by atoms with van der Waals surface area (Å²) in [5.74, 6) is 0. The van der Waals surface area contributed by atoms with Crippen molar-refractivity contribution in [2.45, 2.75) is 39.3 Å². The first kappa shape index (κ1) is 12.1. The molecule has 1 unspecified atom stereocenters. The van der Waals surface area contributed by atoms with Crippen LogP contribution >= 0.6 is 0 Å². The number of nitrogens with one attached hydrogen (secondary N) is 1. The lowest BCUT2D eigenvalue weighted by atomic mass is 10.2. The van der Waals surface area contributed by atoms with Gasteiger partial charge in [-0.3, -0.25) is 4.98 Å². The van der Waals surface area contributed by atoms with E-state index in [-0.39, 0.29) is 6.10 Å². The Morgan fingerprint density at radius 3 is 2.93 bits per heavy atom. The molecule has 0 fully saturated rings. The molecule has 0 amide bonds. The Balaban J connectivity index is 2.25. The van der Waals surface area contributed by atoms with Crippen molar-refractivity contribution in [2.75, 3.05) is 6.54 Å². The lowest BCUT2D eigenvalue weighted by Gasteiger charge is -2.10. The van der Waals surface area contributed by atoms with Crippen molar-refractivity contribution in [1.82, 2.24) is 10.3 Å². The largest absolute Gasteiger partial charge is 0.392 e. The number of aliphatic hydroxyl groups is 1. The Morgan fingerprint density at radius 1 is 1.47 bits per heavy atom. The summed E-state index contributed by atoms with van der Waals surface area (Å²) in [6.07, 6.45) is 1.64. The predicted molar refractivity (Wildman–Crippen MR) is 61.6 cm³/mol. The van der Waals surface area contributed by atoms with Crippen LogP contribution in [0.15, 0.2) is 18.2 Å². The molecule has 84 valence electrons. The van der Waals surface area contributed by atoms with Crippen LogP contribution in [0.2, 0.25) is 0 Å². The highest BCUT2D eigenvalue weighted by Crippen LogP contribution is 1.98. The van der Waals surface area contributed by atoms with Gasteiger partial charge in [0.1, 0.15) is 0 Å². The Bertz CT molecular complexity index is 289. The van der Waals surface area contributed by atoms with Gasteiger partial charge in [0, 0.05) is 18.8 Å². The molecule has 0 saturated heterocycles. The summed E-state index contributed by atoms with van der Waals surface area (Å²) >= 11 is 0. The van der Waals surface area contributed by atoms with Gasteiger partial charge in [0.25, 0.3) is 0 Å². The molecule has 3 heteroatoms. The summed E-state index contributed by atoms with van der Waals surface area (Å²) in [5.41, 5.74) is 2.06. The van der Waals surface area contributed by atoms with Crippen molar-refractivity contribution >= 4 is 0 Å². The third-order valence-electron chi connectivity index (χ3n) is 2.25. The Hall–Kier alpha value is -0.930. The number of nitrogens with zero attached hydrogens (tertiary/aromatic N) is 1. The highest BCUT2D eigenvalue weighted by atomic mass is 16.3. The minimum atomic E-state index is -0.236. The number of hydrogen-bond acceptors (Lipinski definition) is 3. The van der Waals surface area contributed by atoms with Gasteiger partial charge in [-0.2, -0.15) is 0 Å². The smallest absolute Gasteiger partial charge is 0.0664 e. The molecule has 2 N–H and O–H groups in total. The molecular weight excluding hydrogens is 188 g/mol. The second-order valence-corrected chi connectivity index (χ2v) is 3.84. The van der Waals surface area contributed by atoms with E-state index in [9.17, 15) is 5.11 Å². The predicted octanol–water partition coefficient (Wildman–Crippen LogP) is 1.64. The Labute approximate surface area is 91.5 Å². The minimum Gasteiger partial charge on any atom is -0.392 e. The van der Waals surface area contributed by atoms with Gasteiger partial charge in [-0.1, -0.05) is 19.4 Å². The van der Waals surface area contributed by atoms with Gasteiger partial charge in [-0.25, -0.2) is 0 Å². The average molecular weight is 208 g/mol. The first-order chi connectivity index (χ1) is 7.22. The molecule has 0 saturated carbocycles. The molecule has 1 heterocycles. The number of rotatable bonds is 6. The van der Waals surface area contributed by atoms with E-state index in [2.05, 4.69) is 17.2 Å². The SMILES string of the molecule is CCCC(O)CNCc1cccc(C)n1. The van der Waals surface area contributed by atoms with Crippen molar-refractivity contribution in [3.05, 3.63) is 29.6 Å². The van der Waals surface area contributed by atoms with E-state index >= 15 is 0 Å². The average Bonchev–Trinajstić information content (AvgIpc) is 2.18. The van der Waals surface area contributed by atoms with Gasteiger partial charge in [0.2, 0.25) is 0 Å². The van der Waals surface area contributed by atoms with Crippen molar-refractivity contribution in [3.8, 4) is 0 Å². The zero-order valence-corrected chi connectivity index (χ0v) is 9.53. The fraction of sp³-hybridized carbons (Fsp3) is 0.583. The van der Waals surface area contributed by atoms with Crippen LogP contribution in [0.5, 0.6) is 0 Å². The van der Waals surface area contributed by atoms with Crippen LogP contribution in [0.4, 0.5) is 0 Å². The second-order valence-electron chi connectivity index (χ2n) is 3.84. The highest BCUT2D eigenvalue weighted by Gasteiger charge is 2.01. The molecule has 1 aromatic rings. The van der Waals surface area contributed by atoms with E-state index in [1.54, 1.807) is 0 Å². The number of aromatic nitrogens is 1. The van der Waals surface area contributed by atoms with E-state index in [1.165, 1.54) is 0 Å². The van der Waals surface area contributed by atoms with Crippen molar-refractivity contribution in [1.29, 1.82) is 0 Å². The van der Waals surface area contributed by atoms with Gasteiger partial charge in [-0.15, -0.1) is 0 Å². The molecule has 1 rings (SSSR count). The standard InChI is InChI=1S/C12H20N2O/c1-3-5-12(15)9-13-8-11-7-4-6-10(2)14-11/h4,6-7,12-13,15H,3,5,8-9H2,1-2H3. The summed E-state index contributed by atoms with van der Waals surface area (Å²) in [6.45, 7) is 5.42. The first-order valence-electron chi connectivity index (χ1n) is 5.53. The number of aliphatic hydroxyl groups excluding tert-OH is 1. The monoisotopic (exact) mass is 208 g/mol. The maximum absolute atomic E-state index is 9.50. The fourth-order valence-corrected chi connectivity index (χ4v) is 1.50. The lowest BCUT2D eigenvalue weighted by Crippen LogP contribution is -2.26. The van der Waals surface area contributed by atoms with Gasteiger partial charge in [0.15, 0.2) is 0 Å². The molecule has 3 nitrogen and oxygen atoms in total. The first-order valence-corrected chi connectivity index (χ1v) is 5.53. The Kier molecular flexibility index (Phi) is 5.29. The van der Waals surface area contributed by atoms with E-state index in [1.807, 2.05) is 25.1 Å². The highest BCUT2D eigenvalue weighted by molar-refractivity contribution is 5.09. The molecule has 0 radical (unpaired) electrons. The van der Waals surface area contributed by atoms with Gasteiger partial charge in [-0.05, 0) is 25.5 Å². The zero-order valence-electron chi connectivity index (χ0n) is 9.53. The molecule has 0 aliphatic rings. The van der Waals surface area contributed by atoms with E-state index in [0.29, 0.717) is 6.54 Å². The number of hydrogen-bond donors (Lipinski definition) is 2. The normalized spacial score (nSPS) is 12.7. The van der Waals surface area contributed by atoms with Crippen LogP contribution in [-0.2, 0) is 6.54 Å². The van der Waals surface area contributed by atoms with Crippen LogP contribution in [0.1, 0.15) is 31.2 Å². The lowest BCUT2D eigenvalue weighted by molar-refractivity contribution is 0.160. The van der Waals surface area contributed by atoms with Crippen molar-refractivity contribution < 1.29 is 5.11 Å². The molecule has 0 aliphatic carbocycles. The molecule has 0 bridgehead atoms. The summed E-state index contributed by atoms with van der Waals surface area (Å²) in [4.78, 5) is 4.37. The van der Waals surface area contributed by atoms with Crippen LogP contribution in [-0.4, -0.2) is 22.7 Å². The van der Waals surface area contributed by atoms with Gasteiger partial charge < -0.3 is 10.4 Å². The van der Waals surface area contributed by atoms with Crippen LogP contribution in [0.25, 0.3) is 0 Å². The topological polar surface area (TPSA) is 45.1 Å². The summed E-state index contributed by atoms with van der Waals surface area (Å²) in [7, 11) is 0. The molecule has 1 aromatic heterocycles. The molecule has 15 heavy (non-hydrogen) atoms. The van der Waals surface area contributed by atoms with E-state index in [4.69, 9.17) is 0 Å². The van der Waals surface area contributed by atoms with Crippen molar-refractivity contribution in [2.24, 2.45) is 0 Å².